The van der Waals surface area contributed by atoms with Gasteiger partial charge in [0.1, 0.15) is 16.8 Å². The third-order valence-electron chi connectivity index (χ3n) is 5.36. The highest BCUT2D eigenvalue weighted by Gasteiger charge is 2.17. The van der Waals surface area contributed by atoms with Gasteiger partial charge in [-0.25, -0.2) is 9.78 Å². The number of fused-ring (bicyclic) bond motifs is 1. The fourth-order valence-corrected chi connectivity index (χ4v) is 3.65. The Balaban J connectivity index is 1.51. The largest absolute Gasteiger partial charge is 0.496 e. The highest BCUT2D eigenvalue weighted by molar-refractivity contribution is 5.86. The Hall–Kier alpha value is -3.44. The molecule has 170 valence electrons. The molecule has 1 amide bonds. The molecule has 0 spiro atoms. The van der Waals surface area contributed by atoms with Crippen molar-refractivity contribution in [2.75, 3.05) is 32.8 Å². The number of ether oxygens (including phenoxy) is 3. The number of carbonyl (C=O) groups excluding carboxylic acids is 1. The van der Waals surface area contributed by atoms with Crippen LogP contribution in [0.15, 0.2) is 24.4 Å². The van der Waals surface area contributed by atoms with Crippen molar-refractivity contribution < 1.29 is 24.1 Å². The van der Waals surface area contributed by atoms with Crippen LogP contribution in [-0.4, -0.2) is 64.4 Å². The van der Waals surface area contributed by atoms with Gasteiger partial charge < -0.3 is 24.6 Å². The maximum atomic E-state index is 11.4. The number of hydrogen-bond acceptors (Lipinski definition) is 9. The zero-order valence-corrected chi connectivity index (χ0v) is 18.0. The quantitative estimate of drug-likeness (QED) is 0.503. The lowest BCUT2D eigenvalue weighted by Crippen LogP contribution is -2.34. The van der Waals surface area contributed by atoms with Crippen LogP contribution in [0.1, 0.15) is 24.0 Å². The summed E-state index contributed by atoms with van der Waals surface area (Å²) in [5.41, 5.74) is 2.75. The van der Waals surface area contributed by atoms with Crippen LogP contribution in [-0.2, 0) is 22.6 Å². The van der Waals surface area contributed by atoms with Gasteiger partial charge in [-0.15, -0.1) is 0 Å². The van der Waals surface area contributed by atoms with Crippen LogP contribution in [0.5, 0.6) is 11.6 Å². The monoisotopic (exact) mass is 442 g/mol. The lowest BCUT2D eigenvalue weighted by molar-refractivity contribution is 0.0776. The van der Waals surface area contributed by atoms with Gasteiger partial charge >= 0.3 is 6.09 Å². The molecular formula is C21H26N6O5. The first-order chi connectivity index (χ1) is 15.6. The average Bonchev–Trinajstić information content (AvgIpc) is 3.22. The van der Waals surface area contributed by atoms with Crippen LogP contribution in [0.25, 0.3) is 11.0 Å². The Labute approximate surface area is 184 Å². The molecule has 1 aromatic carbocycles. The molecule has 3 aromatic rings. The molecule has 3 heterocycles. The number of amides is 1. The zero-order chi connectivity index (χ0) is 22.5. The number of nitrogens with zero attached hydrogens (tertiary/aromatic N) is 4. The Bertz CT molecular complexity index is 1100. The average molecular weight is 442 g/mol. The van der Waals surface area contributed by atoms with Gasteiger partial charge in [0, 0.05) is 31.4 Å². The molecule has 0 unspecified atom stereocenters. The number of nitrogens with one attached hydrogen (secondary N) is 2. The molecule has 32 heavy (non-hydrogen) atoms. The van der Waals surface area contributed by atoms with Crippen molar-refractivity contribution in [2.24, 2.45) is 0 Å². The van der Waals surface area contributed by atoms with Crippen molar-refractivity contribution in [3.63, 3.8) is 0 Å². The first-order valence-electron chi connectivity index (χ1n) is 10.3. The summed E-state index contributed by atoms with van der Waals surface area (Å²) < 4.78 is 17.1. The molecule has 1 aliphatic heterocycles. The molecule has 0 aliphatic carbocycles. The van der Waals surface area contributed by atoms with Crippen LogP contribution in [0.2, 0.25) is 0 Å². The van der Waals surface area contributed by atoms with E-state index in [2.05, 4.69) is 30.4 Å². The van der Waals surface area contributed by atoms with E-state index in [0.29, 0.717) is 23.6 Å². The van der Waals surface area contributed by atoms with Gasteiger partial charge in [0.25, 0.3) is 0 Å². The molecular weight excluding hydrogens is 416 g/mol. The highest BCUT2D eigenvalue weighted by Crippen LogP contribution is 2.26. The van der Waals surface area contributed by atoms with E-state index in [-0.39, 0.29) is 11.8 Å². The minimum absolute atomic E-state index is 0.0691. The molecule has 0 radical (unpaired) electrons. The maximum absolute atomic E-state index is 11.4. The predicted molar refractivity (Wildman–Crippen MR) is 116 cm³/mol. The summed E-state index contributed by atoms with van der Waals surface area (Å²) in [6.45, 7) is 2.70. The second kappa shape index (κ2) is 9.79. The summed E-state index contributed by atoms with van der Waals surface area (Å²) in [5, 5.41) is 20.6. The van der Waals surface area contributed by atoms with Crippen LogP contribution >= 0.6 is 0 Å². The number of rotatable bonds is 7. The smallest absolute Gasteiger partial charge is 0.413 e. The summed E-state index contributed by atoms with van der Waals surface area (Å²) in [5.74, 6) is 0.361. The SMILES string of the molecule is COC(=O)Nc1nc(O)c2c(cnn2Cc2ccc(CNC3CCOCC3)cc2OC)n1. The van der Waals surface area contributed by atoms with Crippen LogP contribution in [0.4, 0.5) is 10.7 Å². The van der Waals surface area contributed by atoms with Crippen molar-refractivity contribution in [2.45, 2.75) is 32.0 Å². The fraction of sp³-hybridized carbons (Fsp3) is 0.429. The molecule has 1 aliphatic rings. The normalized spacial score (nSPS) is 14.4. The number of aromatic hydroxyl groups is 1. The highest BCUT2D eigenvalue weighted by atomic mass is 16.5. The van der Waals surface area contributed by atoms with Gasteiger partial charge in [0.15, 0.2) is 0 Å². The van der Waals surface area contributed by atoms with Crippen LogP contribution in [0.3, 0.4) is 0 Å². The molecule has 1 saturated heterocycles. The number of benzene rings is 1. The van der Waals surface area contributed by atoms with Crippen LogP contribution < -0.4 is 15.4 Å². The van der Waals surface area contributed by atoms with Crippen LogP contribution in [0, 0.1) is 0 Å². The van der Waals surface area contributed by atoms with E-state index in [1.807, 2.05) is 18.2 Å². The molecule has 4 rings (SSSR count). The van der Waals surface area contributed by atoms with E-state index < -0.39 is 6.09 Å². The predicted octanol–water partition coefficient (Wildman–Crippen LogP) is 2.04. The molecule has 11 nitrogen and oxygen atoms in total. The summed E-state index contributed by atoms with van der Waals surface area (Å²) in [6.07, 6.45) is 2.80. The van der Waals surface area contributed by atoms with E-state index in [1.165, 1.54) is 13.3 Å². The molecule has 0 saturated carbocycles. The lowest BCUT2D eigenvalue weighted by atomic mass is 10.1. The van der Waals surface area contributed by atoms with Gasteiger partial charge in [0.2, 0.25) is 11.8 Å². The number of aromatic nitrogens is 4. The molecule has 3 N–H and O–H groups in total. The third kappa shape index (κ3) is 4.89. The second-order valence-electron chi connectivity index (χ2n) is 7.44. The van der Waals surface area contributed by atoms with Crippen molar-refractivity contribution in [1.29, 1.82) is 0 Å². The van der Waals surface area contributed by atoms with E-state index in [0.717, 1.165) is 49.5 Å². The van der Waals surface area contributed by atoms with Gasteiger partial charge in [-0.3, -0.25) is 10.00 Å². The maximum Gasteiger partial charge on any atom is 0.413 e. The Kier molecular flexibility index (Phi) is 6.66. The Morgan fingerprint density at radius 3 is 2.84 bits per heavy atom. The lowest BCUT2D eigenvalue weighted by Gasteiger charge is -2.23. The van der Waals surface area contributed by atoms with Crippen molar-refractivity contribution in [1.82, 2.24) is 25.1 Å². The number of hydrogen-bond donors (Lipinski definition) is 3. The van der Waals surface area contributed by atoms with E-state index in [9.17, 15) is 9.90 Å². The van der Waals surface area contributed by atoms with E-state index in [1.54, 1.807) is 11.8 Å². The zero-order valence-electron chi connectivity index (χ0n) is 18.0. The third-order valence-corrected chi connectivity index (χ3v) is 5.36. The Morgan fingerprint density at radius 1 is 1.28 bits per heavy atom. The minimum Gasteiger partial charge on any atom is -0.496 e. The van der Waals surface area contributed by atoms with Crippen molar-refractivity contribution >= 4 is 23.1 Å². The first-order valence-corrected chi connectivity index (χ1v) is 10.3. The van der Waals surface area contributed by atoms with Crippen molar-refractivity contribution in [3.05, 3.63) is 35.5 Å². The topological polar surface area (TPSA) is 133 Å². The first kappa shape index (κ1) is 21.8. The second-order valence-corrected chi connectivity index (χ2v) is 7.44. The summed E-state index contributed by atoms with van der Waals surface area (Å²) >= 11 is 0. The van der Waals surface area contributed by atoms with Crippen molar-refractivity contribution in [3.8, 4) is 11.6 Å². The molecule has 1 fully saturated rings. The summed E-state index contributed by atoms with van der Waals surface area (Å²) in [4.78, 5) is 19.5. The standard InChI is InChI=1S/C21H26N6O5/c1-30-17-9-13(10-22-15-5-7-32-8-6-15)3-4-14(17)12-27-18-16(11-23-27)24-20(25-19(18)28)26-21(29)31-2/h3-4,9,11,15,22H,5-8,10,12H2,1-2H3,(H2,24,25,26,28,29). The van der Waals surface area contributed by atoms with Gasteiger partial charge in [-0.05, 0) is 24.5 Å². The van der Waals surface area contributed by atoms with E-state index >= 15 is 0 Å². The van der Waals surface area contributed by atoms with Gasteiger partial charge in [0.05, 0.1) is 27.0 Å². The Morgan fingerprint density at radius 2 is 2.09 bits per heavy atom. The molecule has 0 atom stereocenters. The molecule has 2 aromatic heterocycles. The van der Waals surface area contributed by atoms with Gasteiger partial charge in [-0.2, -0.15) is 10.1 Å². The number of methoxy groups -OCH3 is 2. The molecule has 0 bridgehead atoms. The summed E-state index contributed by atoms with van der Waals surface area (Å²) in [7, 11) is 2.85. The minimum atomic E-state index is -0.729. The van der Waals surface area contributed by atoms with E-state index in [4.69, 9.17) is 9.47 Å². The number of carbonyl (C=O) groups is 1. The van der Waals surface area contributed by atoms with Gasteiger partial charge in [-0.1, -0.05) is 12.1 Å². The fourth-order valence-electron chi connectivity index (χ4n) is 3.65. The summed E-state index contributed by atoms with van der Waals surface area (Å²) in [6, 6.07) is 6.50. The number of anilines is 1. The molecule has 11 heteroatoms.